The minimum absolute atomic E-state index is 0.268. The normalized spacial score (nSPS) is 13.3. The van der Waals surface area contributed by atoms with Crippen molar-refractivity contribution < 1.29 is 13.9 Å². The Morgan fingerprint density at radius 3 is 2.92 bits per heavy atom. The zero-order chi connectivity index (χ0) is 16.9. The number of benzene rings is 2. The van der Waals surface area contributed by atoms with E-state index >= 15 is 0 Å². The fourth-order valence-electron chi connectivity index (χ4n) is 2.87. The van der Waals surface area contributed by atoms with Gasteiger partial charge in [0, 0.05) is 19.5 Å². The van der Waals surface area contributed by atoms with Crippen molar-refractivity contribution in [2.24, 2.45) is 0 Å². The van der Waals surface area contributed by atoms with Crippen molar-refractivity contribution in [2.45, 2.75) is 13.0 Å². The molecule has 0 unspecified atom stereocenters. The van der Waals surface area contributed by atoms with Gasteiger partial charge in [0.25, 0.3) is 0 Å². The van der Waals surface area contributed by atoms with Crippen LogP contribution in [-0.4, -0.2) is 32.2 Å². The van der Waals surface area contributed by atoms with E-state index in [1.807, 2.05) is 18.2 Å². The summed E-state index contributed by atoms with van der Waals surface area (Å²) in [6.07, 6.45) is 4.96. The van der Waals surface area contributed by atoms with Crippen molar-refractivity contribution in [3.63, 3.8) is 0 Å². The summed E-state index contributed by atoms with van der Waals surface area (Å²) in [6, 6.07) is 11.4. The molecular weight excluding hydrogens is 305 g/mol. The highest BCUT2D eigenvalue weighted by atomic mass is 19.1. The maximum Gasteiger partial charge on any atom is 0.165 e. The highest BCUT2D eigenvalue weighted by Crippen LogP contribution is 2.26. The Morgan fingerprint density at radius 2 is 2.12 bits per heavy atom. The molecule has 0 spiro atoms. The fraction of sp³-hybridized carbons (Fsp3) is 0.300. The maximum atomic E-state index is 13.7. The SMILES string of the molecule is COc1ccc(/C=C/CN(C)Cc2ccc3c(c2)CCO3)cc1F. The van der Waals surface area contributed by atoms with E-state index in [1.54, 1.807) is 6.07 Å². The molecule has 1 heterocycles. The van der Waals surface area contributed by atoms with Gasteiger partial charge in [-0.05, 0) is 41.9 Å². The molecule has 2 aromatic rings. The lowest BCUT2D eigenvalue weighted by molar-refractivity contribution is 0.356. The number of fused-ring (bicyclic) bond motifs is 1. The molecule has 0 fully saturated rings. The molecule has 0 aliphatic carbocycles. The smallest absolute Gasteiger partial charge is 0.165 e. The zero-order valence-electron chi connectivity index (χ0n) is 14.1. The first-order valence-corrected chi connectivity index (χ1v) is 8.09. The van der Waals surface area contributed by atoms with Crippen molar-refractivity contribution >= 4 is 6.08 Å². The van der Waals surface area contributed by atoms with Gasteiger partial charge in [0.1, 0.15) is 5.75 Å². The predicted molar refractivity (Wildman–Crippen MR) is 94.0 cm³/mol. The second-order valence-electron chi connectivity index (χ2n) is 6.03. The van der Waals surface area contributed by atoms with E-state index < -0.39 is 0 Å². The van der Waals surface area contributed by atoms with Crippen LogP contribution in [0.3, 0.4) is 0 Å². The average Bonchev–Trinajstić information content (AvgIpc) is 3.02. The van der Waals surface area contributed by atoms with Crippen LogP contribution in [0.5, 0.6) is 11.5 Å². The lowest BCUT2D eigenvalue weighted by Crippen LogP contribution is -2.17. The van der Waals surface area contributed by atoms with Gasteiger partial charge in [0.15, 0.2) is 11.6 Å². The van der Waals surface area contributed by atoms with Crippen molar-refractivity contribution in [1.82, 2.24) is 4.90 Å². The molecule has 126 valence electrons. The summed E-state index contributed by atoms with van der Waals surface area (Å²) in [5.74, 6) is 0.945. The third-order valence-corrected chi connectivity index (χ3v) is 4.11. The maximum absolute atomic E-state index is 13.7. The van der Waals surface area contributed by atoms with Crippen LogP contribution < -0.4 is 9.47 Å². The predicted octanol–water partition coefficient (Wildman–Crippen LogP) is 3.91. The van der Waals surface area contributed by atoms with Gasteiger partial charge in [-0.2, -0.15) is 0 Å². The van der Waals surface area contributed by atoms with E-state index in [0.717, 1.165) is 37.4 Å². The van der Waals surface area contributed by atoms with Gasteiger partial charge in [-0.25, -0.2) is 4.39 Å². The summed E-state index contributed by atoms with van der Waals surface area (Å²) in [5.41, 5.74) is 3.41. The molecule has 0 amide bonds. The standard InChI is InChI=1S/C20H22FNO2/c1-22(14-16-6-7-19-17(12-16)9-11-24-19)10-3-4-15-5-8-20(23-2)18(21)13-15/h3-8,12-13H,9-11,14H2,1-2H3/b4-3+. The summed E-state index contributed by atoms with van der Waals surface area (Å²) in [4.78, 5) is 2.22. The fourth-order valence-corrected chi connectivity index (χ4v) is 2.87. The van der Waals surface area contributed by atoms with Gasteiger partial charge in [0.2, 0.25) is 0 Å². The Hall–Kier alpha value is -2.33. The number of rotatable bonds is 6. The minimum atomic E-state index is -0.339. The molecule has 4 heteroatoms. The topological polar surface area (TPSA) is 21.7 Å². The van der Waals surface area contributed by atoms with Gasteiger partial charge in [-0.3, -0.25) is 4.90 Å². The van der Waals surface area contributed by atoms with Crippen LogP contribution in [0.2, 0.25) is 0 Å². The second-order valence-corrected chi connectivity index (χ2v) is 6.03. The number of halogens is 1. The third-order valence-electron chi connectivity index (χ3n) is 4.11. The number of methoxy groups -OCH3 is 1. The first kappa shape index (κ1) is 16.5. The van der Waals surface area contributed by atoms with Crippen molar-refractivity contribution in [1.29, 1.82) is 0 Å². The van der Waals surface area contributed by atoms with Gasteiger partial charge in [-0.1, -0.05) is 30.4 Å². The first-order valence-electron chi connectivity index (χ1n) is 8.09. The van der Waals surface area contributed by atoms with Gasteiger partial charge in [0.05, 0.1) is 13.7 Å². The third kappa shape index (κ3) is 3.95. The molecule has 1 aliphatic rings. The second kappa shape index (κ2) is 7.49. The Morgan fingerprint density at radius 1 is 1.25 bits per heavy atom. The Kier molecular flexibility index (Phi) is 5.16. The lowest BCUT2D eigenvalue weighted by Gasteiger charge is -2.15. The van der Waals surface area contributed by atoms with Gasteiger partial charge >= 0.3 is 0 Å². The van der Waals surface area contributed by atoms with Crippen LogP contribution in [0.25, 0.3) is 6.08 Å². The monoisotopic (exact) mass is 327 g/mol. The number of likely N-dealkylation sites (N-methyl/N-ethyl adjacent to an activating group) is 1. The van der Waals surface area contributed by atoms with E-state index in [0.29, 0.717) is 0 Å². The van der Waals surface area contributed by atoms with E-state index in [1.165, 1.54) is 24.3 Å². The Bertz CT molecular complexity index is 742. The molecule has 3 rings (SSSR count). The summed E-state index contributed by atoms with van der Waals surface area (Å²) >= 11 is 0. The van der Waals surface area contributed by atoms with Crippen LogP contribution in [-0.2, 0) is 13.0 Å². The van der Waals surface area contributed by atoms with Crippen molar-refractivity contribution in [3.8, 4) is 11.5 Å². The molecule has 0 radical (unpaired) electrons. The first-order chi connectivity index (χ1) is 11.7. The van der Waals surface area contributed by atoms with Crippen LogP contribution in [0.4, 0.5) is 4.39 Å². The Balaban J connectivity index is 1.55. The molecule has 0 N–H and O–H groups in total. The summed E-state index contributed by atoms with van der Waals surface area (Å²) < 4.78 is 24.1. The molecule has 0 atom stereocenters. The number of ether oxygens (including phenoxy) is 2. The molecule has 1 aliphatic heterocycles. The van der Waals surface area contributed by atoms with Gasteiger partial charge in [-0.15, -0.1) is 0 Å². The van der Waals surface area contributed by atoms with Crippen LogP contribution >= 0.6 is 0 Å². The van der Waals surface area contributed by atoms with Crippen LogP contribution in [0.15, 0.2) is 42.5 Å². The van der Waals surface area contributed by atoms with Crippen molar-refractivity contribution in [3.05, 3.63) is 65.0 Å². The molecule has 0 bridgehead atoms. The summed E-state index contributed by atoms with van der Waals surface area (Å²) in [5, 5.41) is 0. The molecule has 24 heavy (non-hydrogen) atoms. The molecule has 3 nitrogen and oxygen atoms in total. The summed E-state index contributed by atoms with van der Waals surface area (Å²) in [7, 11) is 3.54. The zero-order valence-corrected chi connectivity index (χ0v) is 14.1. The minimum Gasteiger partial charge on any atom is -0.494 e. The quantitative estimate of drug-likeness (QED) is 0.803. The molecule has 2 aromatic carbocycles. The van der Waals surface area contributed by atoms with E-state index in [-0.39, 0.29) is 11.6 Å². The molecule has 0 aromatic heterocycles. The van der Waals surface area contributed by atoms with E-state index in [4.69, 9.17) is 9.47 Å². The van der Waals surface area contributed by atoms with Crippen LogP contribution in [0.1, 0.15) is 16.7 Å². The van der Waals surface area contributed by atoms with E-state index in [2.05, 4.69) is 30.1 Å². The number of nitrogens with zero attached hydrogens (tertiary/aromatic N) is 1. The average molecular weight is 327 g/mol. The molecular formula is C20H22FNO2. The largest absolute Gasteiger partial charge is 0.494 e. The number of hydrogen-bond donors (Lipinski definition) is 0. The van der Waals surface area contributed by atoms with E-state index in [9.17, 15) is 4.39 Å². The van der Waals surface area contributed by atoms with Gasteiger partial charge < -0.3 is 9.47 Å². The van der Waals surface area contributed by atoms with Crippen molar-refractivity contribution in [2.75, 3.05) is 27.3 Å². The Labute approximate surface area is 142 Å². The van der Waals surface area contributed by atoms with Crippen LogP contribution in [0, 0.1) is 5.82 Å². The number of hydrogen-bond acceptors (Lipinski definition) is 3. The summed E-state index contributed by atoms with van der Waals surface area (Å²) in [6.45, 7) is 2.45. The highest BCUT2D eigenvalue weighted by molar-refractivity contribution is 5.51. The molecule has 0 saturated heterocycles. The molecule has 0 saturated carbocycles. The lowest BCUT2D eigenvalue weighted by atomic mass is 10.1. The highest BCUT2D eigenvalue weighted by Gasteiger charge is 2.12.